The molecule has 3 aromatic rings. The Morgan fingerprint density at radius 1 is 0.909 bits per heavy atom. The smallest absolute Gasteiger partial charge is 0.389 e. The largest absolute Gasteiger partial charge is 0.494 e. The van der Waals surface area contributed by atoms with Crippen LogP contribution in [0.3, 0.4) is 0 Å². The molecule has 0 aliphatic rings. The zero-order valence-electron chi connectivity index (χ0n) is 17.7. The highest BCUT2D eigenvalue weighted by Crippen LogP contribution is 2.24. The molecule has 0 amide bonds. The molecule has 0 bridgehead atoms. The number of carboxylic acids is 1. The second-order valence-electron chi connectivity index (χ2n) is 7.26. The molecular weight excluding hydrogens is 437 g/mol. The maximum Gasteiger partial charge on any atom is 0.389 e. The number of aliphatic carboxylic acids is 1. The number of halogens is 3. The summed E-state index contributed by atoms with van der Waals surface area (Å²) >= 11 is 0. The van der Waals surface area contributed by atoms with Crippen molar-refractivity contribution in [1.82, 2.24) is 0 Å². The van der Waals surface area contributed by atoms with Gasteiger partial charge in [-0.2, -0.15) is 13.2 Å². The summed E-state index contributed by atoms with van der Waals surface area (Å²) in [7, 11) is 0. The SMILES string of the molecule is O=C(O)/C=C/c1ccc(OCOCc2ccc3cc(OCCCC(F)(F)F)ccc3c2)cc1. The lowest BCUT2D eigenvalue weighted by atomic mass is 10.1. The minimum absolute atomic E-state index is 0.0126. The van der Waals surface area contributed by atoms with E-state index in [1.165, 1.54) is 6.08 Å². The van der Waals surface area contributed by atoms with Crippen molar-refractivity contribution < 1.29 is 37.3 Å². The molecule has 0 spiro atoms. The van der Waals surface area contributed by atoms with Crippen LogP contribution in [0.4, 0.5) is 13.2 Å². The van der Waals surface area contributed by atoms with Crippen LogP contribution in [0.2, 0.25) is 0 Å². The minimum atomic E-state index is -4.16. The van der Waals surface area contributed by atoms with Gasteiger partial charge in [-0.05, 0) is 64.7 Å². The molecule has 3 aromatic carbocycles. The van der Waals surface area contributed by atoms with Crippen molar-refractivity contribution in [2.75, 3.05) is 13.4 Å². The molecule has 0 aromatic heterocycles. The van der Waals surface area contributed by atoms with Crippen molar-refractivity contribution in [3.63, 3.8) is 0 Å². The first-order valence-corrected chi connectivity index (χ1v) is 10.2. The lowest BCUT2D eigenvalue weighted by molar-refractivity contribution is -0.136. The van der Waals surface area contributed by atoms with Crippen molar-refractivity contribution in [2.45, 2.75) is 25.6 Å². The molecule has 33 heavy (non-hydrogen) atoms. The highest BCUT2D eigenvalue weighted by atomic mass is 19.4. The van der Waals surface area contributed by atoms with Gasteiger partial charge in [0.2, 0.25) is 0 Å². The summed E-state index contributed by atoms with van der Waals surface area (Å²) in [6.07, 6.45) is -2.54. The third kappa shape index (κ3) is 8.50. The number of fused-ring (bicyclic) bond motifs is 1. The minimum Gasteiger partial charge on any atom is -0.494 e. The van der Waals surface area contributed by atoms with Crippen LogP contribution in [-0.2, 0) is 16.1 Å². The fourth-order valence-electron chi connectivity index (χ4n) is 3.03. The van der Waals surface area contributed by atoms with E-state index in [0.29, 0.717) is 18.1 Å². The quantitative estimate of drug-likeness (QED) is 0.209. The number of hydrogen-bond acceptors (Lipinski definition) is 4. The molecule has 0 saturated heterocycles. The monoisotopic (exact) mass is 460 g/mol. The number of hydrogen-bond donors (Lipinski definition) is 1. The molecule has 0 aliphatic heterocycles. The van der Waals surface area contributed by atoms with Gasteiger partial charge in [-0.15, -0.1) is 0 Å². The first kappa shape index (κ1) is 24.1. The van der Waals surface area contributed by atoms with Crippen LogP contribution in [-0.4, -0.2) is 30.7 Å². The molecule has 0 unspecified atom stereocenters. The van der Waals surface area contributed by atoms with Gasteiger partial charge in [-0.3, -0.25) is 0 Å². The van der Waals surface area contributed by atoms with E-state index in [4.69, 9.17) is 19.3 Å². The van der Waals surface area contributed by atoms with Crippen LogP contribution in [0.5, 0.6) is 11.5 Å². The van der Waals surface area contributed by atoms with E-state index in [9.17, 15) is 18.0 Å². The predicted molar refractivity (Wildman–Crippen MR) is 118 cm³/mol. The van der Waals surface area contributed by atoms with Gasteiger partial charge >= 0.3 is 12.1 Å². The van der Waals surface area contributed by atoms with Crippen LogP contribution in [0.25, 0.3) is 16.8 Å². The van der Waals surface area contributed by atoms with E-state index >= 15 is 0 Å². The molecule has 1 N–H and O–H groups in total. The van der Waals surface area contributed by atoms with Gasteiger partial charge in [0, 0.05) is 12.5 Å². The fourth-order valence-corrected chi connectivity index (χ4v) is 3.03. The standard InChI is InChI=1S/C25H23F3O5/c26-25(27,28)12-1-13-32-23-10-7-20-14-19(2-6-21(20)15-23)16-31-17-33-22-8-3-18(4-9-22)5-11-24(29)30/h2-11,14-15H,1,12-13,16-17H2,(H,29,30)/b11-5+. The first-order chi connectivity index (χ1) is 15.8. The number of rotatable bonds is 11. The van der Waals surface area contributed by atoms with Crippen molar-refractivity contribution in [1.29, 1.82) is 0 Å². The molecular formula is C25H23F3O5. The van der Waals surface area contributed by atoms with Crippen LogP contribution >= 0.6 is 0 Å². The van der Waals surface area contributed by atoms with Crippen LogP contribution in [0, 0.1) is 0 Å². The number of benzene rings is 3. The Kier molecular flexibility index (Phi) is 8.32. The Morgan fingerprint density at radius 2 is 1.61 bits per heavy atom. The molecule has 3 rings (SSSR count). The average Bonchev–Trinajstić information content (AvgIpc) is 2.78. The van der Waals surface area contributed by atoms with Crippen molar-refractivity contribution in [3.05, 3.63) is 77.9 Å². The zero-order chi connectivity index (χ0) is 23.7. The molecule has 0 fully saturated rings. The zero-order valence-corrected chi connectivity index (χ0v) is 17.7. The maximum absolute atomic E-state index is 12.2. The van der Waals surface area contributed by atoms with Crippen molar-refractivity contribution in [2.24, 2.45) is 0 Å². The van der Waals surface area contributed by atoms with E-state index < -0.39 is 18.6 Å². The molecule has 0 radical (unpaired) electrons. The lowest BCUT2D eigenvalue weighted by Crippen LogP contribution is -2.09. The van der Waals surface area contributed by atoms with Crippen LogP contribution < -0.4 is 9.47 Å². The fraction of sp³-hybridized carbons (Fsp3) is 0.240. The molecule has 0 atom stereocenters. The van der Waals surface area contributed by atoms with Crippen molar-refractivity contribution >= 4 is 22.8 Å². The third-order valence-corrected chi connectivity index (χ3v) is 4.63. The van der Waals surface area contributed by atoms with E-state index in [1.54, 1.807) is 36.4 Å². The molecule has 8 heteroatoms. The van der Waals surface area contributed by atoms with Gasteiger partial charge in [0.05, 0.1) is 13.2 Å². The molecule has 0 aliphatic carbocycles. The normalized spacial score (nSPS) is 11.7. The summed E-state index contributed by atoms with van der Waals surface area (Å²) in [5.41, 5.74) is 1.69. The van der Waals surface area contributed by atoms with E-state index in [0.717, 1.165) is 28.0 Å². The Balaban J connectivity index is 1.44. The summed E-state index contributed by atoms with van der Waals surface area (Å²) in [4.78, 5) is 10.5. The van der Waals surface area contributed by atoms with Crippen LogP contribution in [0.1, 0.15) is 24.0 Å². The topological polar surface area (TPSA) is 65.0 Å². The third-order valence-electron chi connectivity index (χ3n) is 4.63. The average molecular weight is 460 g/mol. The molecule has 5 nitrogen and oxygen atoms in total. The highest BCUT2D eigenvalue weighted by Gasteiger charge is 2.26. The summed E-state index contributed by atoms with van der Waals surface area (Å²) in [6.45, 7) is 0.400. The van der Waals surface area contributed by atoms with Gasteiger partial charge in [0.15, 0.2) is 6.79 Å². The summed E-state index contributed by atoms with van der Waals surface area (Å²) in [6, 6.07) is 18.1. The summed E-state index contributed by atoms with van der Waals surface area (Å²) in [5, 5.41) is 10.5. The molecule has 0 saturated carbocycles. The Morgan fingerprint density at radius 3 is 2.33 bits per heavy atom. The van der Waals surface area contributed by atoms with E-state index in [2.05, 4.69) is 0 Å². The highest BCUT2D eigenvalue weighted by molar-refractivity contribution is 5.85. The van der Waals surface area contributed by atoms with Gasteiger partial charge in [0.1, 0.15) is 11.5 Å². The Bertz CT molecular complexity index is 1090. The Hall–Kier alpha value is -3.52. The van der Waals surface area contributed by atoms with Gasteiger partial charge in [-0.1, -0.05) is 30.3 Å². The predicted octanol–water partition coefficient (Wildman–Crippen LogP) is 6.21. The second-order valence-corrected chi connectivity index (χ2v) is 7.26. The van der Waals surface area contributed by atoms with Crippen LogP contribution in [0.15, 0.2) is 66.7 Å². The van der Waals surface area contributed by atoms with Gasteiger partial charge < -0.3 is 19.3 Å². The van der Waals surface area contributed by atoms with Gasteiger partial charge in [0.25, 0.3) is 0 Å². The number of alkyl halides is 3. The number of carbonyl (C=O) groups is 1. The number of ether oxygens (including phenoxy) is 3. The van der Waals surface area contributed by atoms with Crippen molar-refractivity contribution in [3.8, 4) is 11.5 Å². The van der Waals surface area contributed by atoms with Gasteiger partial charge in [-0.25, -0.2) is 4.79 Å². The Labute approximate surface area is 189 Å². The number of carboxylic acid groups (broad SMARTS) is 1. The lowest BCUT2D eigenvalue weighted by Gasteiger charge is -2.10. The maximum atomic E-state index is 12.2. The van der Waals surface area contributed by atoms with E-state index in [1.807, 2.05) is 24.3 Å². The molecule has 174 valence electrons. The molecule has 0 heterocycles. The van der Waals surface area contributed by atoms with E-state index in [-0.39, 0.29) is 19.8 Å². The first-order valence-electron chi connectivity index (χ1n) is 10.2. The second kappa shape index (κ2) is 11.4. The summed E-state index contributed by atoms with van der Waals surface area (Å²) < 4.78 is 53.1. The summed E-state index contributed by atoms with van der Waals surface area (Å²) in [5.74, 6) is 0.126.